The molecule has 2 fully saturated rings. The SMILES string of the molecule is CCCCCC1CCC(c2ccc(Oc3c(C)cc(P(=O)(O)O)cc3C)c(F)c2F)CC1.CCCCCC1CCC(c2ccc(Oc3c(C)cc(P(=O)(OCC)OCC)cc3C)c(F)c2F)CC1. The van der Waals surface area contributed by atoms with Crippen LogP contribution >= 0.6 is 15.2 Å². The molecule has 2 saturated carbocycles. The van der Waals surface area contributed by atoms with Gasteiger partial charge in [-0.2, -0.15) is 8.78 Å². The number of aryl methyl sites for hydroxylation is 4. The standard InChI is InChI=1S/C29H41F2O4P.C25H33F2O4P/c1-6-9-10-11-22-12-14-23(15-13-22)25-16-17-26(28(31)27(25)30)35-29-20(4)18-24(19-21(29)5)36(32,33-7-2)34-8-3;1-4-5-6-7-18-8-10-19(11-9-18)21-12-13-22(24(27)23(21)26)31-25-16(2)14-20(15-17(25)3)32(28,29)30/h16-19,22-23H,6-15H2,1-5H3;12-15,18-19H,4-11H2,1-3H3,(H2,28,29,30). The van der Waals surface area contributed by atoms with E-state index in [1.807, 2.05) is 0 Å². The predicted molar refractivity (Wildman–Crippen MR) is 265 cm³/mol. The molecule has 2 N–H and O–H groups in total. The van der Waals surface area contributed by atoms with Crippen molar-refractivity contribution in [2.75, 3.05) is 13.2 Å². The van der Waals surface area contributed by atoms with Gasteiger partial charge in [0.15, 0.2) is 23.1 Å². The topological polar surface area (TPSA) is 112 Å². The van der Waals surface area contributed by atoms with Gasteiger partial charge >= 0.3 is 15.2 Å². The molecule has 0 atom stereocenters. The minimum Gasteiger partial charge on any atom is -0.454 e. The maximum absolute atomic E-state index is 15.2. The van der Waals surface area contributed by atoms with Crippen molar-refractivity contribution in [2.24, 2.45) is 11.8 Å². The Morgan fingerprint density at radius 1 is 0.515 bits per heavy atom. The summed E-state index contributed by atoms with van der Waals surface area (Å²) in [5, 5.41) is 0.285. The molecule has 0 spiro atoms. The summed E-state index contributed by atoms with van der Waals surface area (Å²) in [5.74, 6) is -1.91. The van der Waals surface area contributed by atoms with E-state index in [0.29, 0.717) is 56.3 Å². The minimum atomic E-state index is -4.42. The van der Waals surface area contributed by atoms with Gasteiger partial charge in [0.25, 0.3) is 0 Å². The summed E-state index contributed by atoms with van der Waals surface area (Å²) in [4.78, 5) is 18.8. The van der Waals surface area contributed by atoms with Crippen molar-refractivity contribution in [1.29, 1.82) is 0 Å². The molecule has 376 valence electrons. The molecule has 6 rings (SSSR count). The van der Waals surface area contributed by atoms with Crippen molar-refractivity contribution in [2.45, 2.75) is 170 Å². The number of hydrogen-bond donors (Lipinski definition) is 2. The molecule has 2 aliphatic rings. The van der Waals surface area contributed by atoms with E-state index in [-0.39, 0.29) is 47.6 Å². The van der Waals surface area contributed by atoms with Crippen LogP contribution in [0, 0.1) is 62.8 Å². The maximum atomic E-state index is 15.2. The monoisotopic (exact) mass is 988 g/mol. The van der Waals surface area contributed by atoms with Gasteiger partial charge in [0.2, 0.25) is 11.6 Å². The first-order valence-electron chi connectivity index (χ1n) is 24.8. The molecular weight excluding hydrogens is 915 g/mol. The molecule has 0 unspecified atom stereocenters. The van der Waals surface area contributed by atoms with Gasteiger partial charge in [0.05, 0.1) is 23.8 Å². The van der Waals surface area contributed by atoms with Crippen LogP contribution in [0.2, 0.25) is 0 Å². The molecule has 4 aromatic carbocycles. The smallest absolute Gasteiger partial charge is 0.361 e. The Bertz CT molecular complexity index is 2330. The van der Waals surface area contributed by atoms with Crippen LogP contribution in [0.5, 0.6) is 23.0 Å². The number of benzene rings is 4. The molecule has 68 heavy (non-hydrogen) atoms. The summed E-state index contributed by atoms with van der Waals surface area (Å²) in [6, 6.07) is 12.2. The highest BCUT2D eigenvalue weighted by Crippen LogP contribution is 2.49. The van der Waals surface area contributed by atoms with Crippen LogP contribution in [0.1, 0.15) is 176 Å². The molecule has 0 aromatic heterocycles. The zero-order valence-electron chi connectivity index (χ0n) is 41.4. The van der Waals surface area contributed by atoms with E-state index in [2.05, 4.69) is 13.8 Å². The van der Waals surface area contributed by atoms with E-state index in [1.165, 1.54) is 75.6 Å². The molecule has 0 heterocycles. The summed E-state index contributed by atoms with van der Waals surface area (Å²) in [7, 11) is -7.89. The molecule has 8 nitrogen and oxygen atoms in total. The molecular formula is C54H74F4O8P2. The highest BCUT2D eigenvalue weighted by atomic mass is 31.2. The quantitative estimate of drug-likeness (QED) is 0.0512. The van der Waals surface area contributed by atoms with E-state index >= 15 is 8.78 Å². The van der Waals surface area contributed by atoms with Crippen LogP contribution in [0.3, 0.4) is 0 Å². The molecule has 0 amide bonds. The third-order valence-corrected chi connectivity index (χ3v) is 16.7. The summed E-state index contributed by atoms with van der Waals surface area (Å²) in [6.45, 7) is 15.2. The number of unbranched alkanes of at least 4 members (excludes halogenated alkanes) is 4. The number of hydrogen-bond acceptors (Lipinski definition) is 6. The molecule has 0 bridgehead atoms. The summed E-state index contributed by atoms with van der Waals surface area (Å²) in [5.41, 5.74) is 3.00. The van der Waals surface area contributed by atoms with Crippen molar-refractivity contribution in [3.8, 4) is 23.0 Å². The number of ether oxygens (including phenoxy) is 2. The van der Waals surface area contributed by atoms with Gasteiger partial charge < -0.3 is 28.3 Å². The first kappa shape index (κ1) is 55.4. The summed E-state index contributed by atoms with van der Waals surface area (Å²) in [6.07, 6.45) is 17.7. The average Bonchev–Trinajstić information content (AvgIpc) is 3.29. The van der Waals surface area contributed by atoms with Gasteiger partial charge in [-0.05, 0) is 186 Å². The Kier molecular flexibility index (Phi) is 20.8. The van der Waals surface area contributed by atoms with Crippen LogP contribution in [0.25, 0.3) is 0 Å². The van der Waals surface area contributed by atoms with Crippen LogP contribution in [-0.4, -0.2) is 23.0 Å². The van der Waals surface area contributed by atoms with Gasteiger partial charge in [0.1, 0.15) is 11.5 Å². The minimum absolute atomic E-state index is 0.0204. The lowest BCUT2D eigenvalue weighted by molar-refractivity contribution is 0.230. The second-order valence-corrected chi connectivity index (χ2v) is 22.5. The normalized spacial score (nSPS) is 18.8. The Balaban J connectivity index is 0.000000256. The van der Waals surface area contributed by atoms with Crippen molar-refractivity contribution >= 4 is 25.8 Å². The summed E-state index contributed by atoms with van der Waals surface area (Å²) < 4.78 is 107. The molecule has 4 aromatic rings. The Morgan fingerprint density at radius 2 is 0.868 bits per heavy atom. The highest BCUT2D eigenvalue weighted by Gasteiger charge is 2.31. The lowest BCUT2D eigenvalue weighted by atomic mass is 9.77. The number of rotatable bonds is 20. The van der Waals surface area contributed by atoms with E-state index in [0.717, 1.165) is 51.4 Å². The maximum Gasteiger partial charge on any atom is 0.361 e. The van der Waals surface area contributed by atoms with Gasteiger partial charge in [-0.3, -0.25) is 9.13 Å². The summed E-state index contributed by atoms with van der Waals surface area (Å²) >= 11 is 0. The van der Waals surface area contributed by atoms with Gasteiger partial charge in [-0.1, -0.05) is 77.3 Å². The van der Waals surface area contributed by atoms with E-state index < -0.39 is 38.5 Å². The lowest BCUT2D eigenvalue weighted by Gasteiger charge is -2.29. The van der Waals surface area contributed by atoms with E-state index in [4.69, 9.17) is 18.5 Å². The molecule has 0 saturated heterocycles. The first-order valence-corrected chi connectivity index (χ1v) is 28.0. The van der Waals surface area contributed by atoms with Gasteiger partial charge in [0, 0.05) is 0 Å². The molecule has 0 aliphatic heterocycles. The highest BCUT2D eigenvalue weighted by molar-refractivity contribution is 7.62. The van der Waals surface area contributed by atoms with Crippen molar-refractivity contribution in [1.82, 2.24) is 0 Å². The largest absolute Gasteiger partial charge is 0.454 e. The first-order chi connectivity index (χ1) is 32.3. The Morgan fingerprint density at radius 3 is 1.19 bits per heavy atom. The van der Waals surface area contributed by atoms with Crippen molar-refractivity contribution in [3.05, 3.63) is 105 Å². The Labute approximate surface area is 402 Å². The Hall–Kier alpha value is -3.50. The van der Waals surface area contributed by atoms with E-state index in [1.54, 1.807) is 65.8 Å². The average molecular weight is 989 g/mol. The van der Waals surface area contributed by atoms with Crippen molar-refractivity contribution < 1.29 is 55.0 Å². The van der Waals surface area contributed by atoms with E-state index in [9.17, 15) is 27.7 Å². The van der Waals surface area contributed by atoms with Crippen LogP contribution < -0.4 is 20.1 Å². The second kappa shape index (κ2) is 25.6. The fraction of sp³-hybridized carbons (Fsp3) is 0.556. The van der Waals surface area contributed by atoms with Crippen LogP contribution in [-0.2, 0) is 18.2 Å². The fourth-order valence-electron chi connectivity index (χ4n) is 10.0. The molecule has 0 radical (unpaired) electrons. The fourth-order valence-corrected chi connectivity index (χ4v) is 12.5. The van der Waals surface area contributed by atoms with Crippen molar-refractivity contribution in [3.63, 3.8) is 0 Å². The zero-order valence-corrected chi connectivity index (χ0v) is 43.2. The lowest BCUT2D eigenvalue weighted by Crippen LogP contribution is -2.15. The second-order valence-electron chi connectivity index (χ2n) is 18.9. The molecule has 2 aliphatic carbocycles. The van der Waals surface area contributed by atoms with Gasteiger partial charge in [-0.25, -0.2) is 8.78 Å². The number of halogens is 4. The third kappa shape index (κ3) is 14.3. The van der Waals surface area contributed by atoms with Crippen LogP contribution in [0.15, 0.2) is 48.5 Å². The third-order valence-electron chi connectivity index (χ3n) is 13.7. The zero-order chi connectivity index (χ0) is 49.8. The predicted octanol–water partition coefficient (Wildman–Crippen LogP) is 16.2. The van der Waals surface area contributed by atoms with Crippen LogP contribution in [0.4, 0.5) is 17.6 Å². The molecule has 14 heteroatoms. The van der Waals surface area contributed by atoms with Gasteiger partial charge in [-0.15, -0.1) is 0 Å².